The molecule has 2 rings (SSSR count). The molecule has 0 radical (unpaired) electrons. The molecule has 0 unspecified atom stereocenters. The van der Waals surface area contributed by atoms with Crippen molar-refractivity contribution in [2.75, 3.05) is 24.7 Å². The molecule has 0 bridgehead atoms. The number of nitrogens with one attached hydrogen (secondary N) is 1. The van der Waals surface area contributed by atoms with Gasteiger partial charge in [-0.15, -0.1) is 0 Å². The van der Waals surface area contributed by atoms with Crippen LogP contribution in [0.1, 0.15) is 20.8 Å². The third-order valence-corrected chi connectivity index (χ3v) is 4.06. The Bertz CT molecular complexity index is 623. The molecule has 0 aliphatic heterocycles. The van der Waals surface area contributed by atoms with E-state index in [0.29, 0.717) is 16.6 Å². The summed E-state index contributed by atoms with van der Waals surface area (Å²) in [5.41, 5.74) is 7.85. The van der Waals surface area contributed by atoms with Gasteiger partial charge in [-0.3, -0.25) is 9.78 Å². The highest BCUT2D eigenvalue weighted by atomic mass is 32.1. The number of carbonyl (C=O) groups excluding carboxylic acids is 1. The number of rotatable bonds is 4. The van der Waals surface area contributed by atoms with Crippen molar-refractivity contribution in [2.24, 2.45) is 0 Å². The number of aryl methyl sites for hydroxylation is 1. The first kappa shape index (κ1) is 14.3. The second-order valence-corrected chi connectivity index (χ2v) is 5.57. The maximum absolute atomic E-state index is 12.1. The van der Waals surface area contributed by atoms with E-state index in [0.717, 1.165) is 11.1 Å². The molecule has 1 amide bonds. The Morgan fingerprint density at radius 3 is 2.85 bits per heavy atom. The molecule has 0 saturated carbocycles. The van der Waals surface area contributed by atoms with Crippen LogP contribution in [-0.4, -0.2) is 30.0 Å². The summed E-state index contributed by atoms with van der Waals surface area (Å²) in [5, 5.41) is 3.56. The number of carbonyl (C=O) groups is 1. The zero-order valence-corrected chi connectivity index (χ0v) is 12.5. The van der Waals surface area contributed by atoms with Gasteiger partial charge in [0, 0.05) is 33.0 Å². The molecule has 0 atom stereocenters. The van der Waals surface area contributed by atoms with Crippen LogP contribution in [0, 0.1) is 6.92 Å². The van der Waals surface area contributed by atoms with E-state index >= 15 is 0 Å². The minimum atomic E-state index is -0.212. The first-order chi connectivity index (χ1) is 9.49. The summed E-state index contributed by atoms with van der Waals surface area (Å²) in [4.78, 5) is 22.6. The number of amides is 1. The molecular formula is C13H17N5OS. The maximum Gasteiger partial charge on any atom is 0.265 e. The molecule has 0 aliphatic carbocycles. The summed E-state index contributed by atoms with van der Waals surface area (Å²) in [6.07, 6.45) is 3.47. The monoisotopic (exact) mass is 291 g/mol. The van der Waals surface area contributed by atoms with Gasteiger partial charge in [0.1, 0.15) is 10.7 Å². The van der Waals surface area contributed by atoms with Gasteiger partial charge in [-0.2, -0.15) is 0 Å². The molecule has 6 nitrogen and oxygen atoms in total. The van der Waals surface area contributed by atoms with Crippen LogP contribution in [0.5, 0.6) is 0 Å². The molecule has 0 fully saturated rings. The van der Waals surface area contributed by atoms with E-state index in [9.17, 15) is 4.79 Å². The number of nitrogens with zero attached hydrogens (tertiary/aromatic N) is 3. The minimum absolute atomic E-state index is 0.212. The number of nitrogen functional groups attached to an aromatic ring is 1. The van der Waals surface area contributed by atoms with Crippen LogP contribution >= 0.6 is 11.3 Å². The van der Waals surface area contributed by atoms with Crippen LogP contribution in [0.2, 0.25) is 0 Å². The molecule has 20 heavy (non-hydrogen) atoms. The average Bonchev–Trinajstić information content (AvgIpc) is 2.80. The van der Waals surface area contributed by atoms with Crippen molar-refractivity contribution in [3.05, 3.63) is 34.5 Å². The van der Waals surface area contributed by atoms with E-state index in [2.05, 4.69) is 15.3 Å². The quantitative estimate of drug-likeness (QED) is 0.890. The molecule has 0 aromatic carbocycles. The van der Waals surface area contributed by atoms with Crippen LogP contribution in [0.15, 0.2) is 18.5 Å². The zero-order valence-electron chi connectivity index (χ0n) is 11.7. The number of anilines is 2. The third-order valence-electron chi connectivity index (χ3n) is 2.82. The molecular weight excluding hydrogens is 274 g/mol. The van der Waals surface area contributed by atoms with Crippen LogP contribution < -0.4 is 16.0 Å². The lowest BCUT2D eigenvalue weighted by atomic mass is 10.1. The van der Waals surface area contributed by atoms with Gasteiger partial charge in [0.2, 0.25) is 0 Å². The lowest BCUT2D eigenvalue weighted by molar-refractivity contribution is 0.0955. The van der Waals surface area contributed by atoms with Crippen molar-refractivity contribution >= 4 is 28.2 Å². The van der Waals surface area contributed by atoms with Gasteiger partial charge >= 0.3 is 0 Å². The normalized spacial score (nSPS) is 10.3. The second kappa shape index (κ2) is 5.87. The second-order valence-electron chi connectivity index (χ2n) is 4.59. The molecule has 2 aromatic heterocycles. The van der Waals surface area contributed by atoms with Crippen molar-refractivity contribution in [1.29, 1.82) is 0 Å². The number of pyridine rings is 1. The Hall–Kier alpha value is -2.15. The summed E-state index contributed by atoms with van der Waals surface area (Å²) >= 11 is 1.28. The predicted octanol–water partition coefficient (Wildman–Crippen LogP) is 1.42. The SMILES string of the molecule is Cc1ccncc1CNC(=O)c1sc(N(C)C)nc1N. The first-order valence-electron chi connectivity index (χ1n) is 6.10. The minimum Gasteiger partial charge on any atom is -0.382 e. The maximum atomic E-state index is 12.1. The van der Waals surface area contributed by atoms with Crippen LogP contribution in [0.25, 0.3) is 0 Å². The van der Waals surface area contributed by atoms with E-state index < -0.39 is 0 Å². The molecule has 2 heterocycles. The first-order valence-corrected chi connectivity index (χ1v) is 6.92. The number of aromatic nitrogens is 2. The van der Waals surface area contributed by atoms with Gasteiger partial charge in [0.05, 0.1) is 0 Å². The van der Waals surface area contributed by atoms with E-state index in [1.54, 1.807) is 12.4 Å². The lowest BCUT2D eigenvalue weighted by Crippen LogP contribution is -2.23. The molecule has 0 spiro atoms. The Kier molecular flexibility index (Phi) is 4.19. The van der Waals surface area contributed by atoms with Gasteiger partial charge in [0.25, 0.3) is 5.91 Å². The van der Waals surface area contributed by atoms with E-state index in [4.69, 9.17) is 5.73 Å². The smallest absolute Gasteiger partial charge is 0.265 e. The molecule has 2 aromatic rings. The van der Waals surface area contributed by atoms with Crippen molar-refractivity contribution in [1.82, 2.24) is 15.3 Å². The van der Waals surface area contributed by atoms with E-state index in [-0.39, 0.29) is 11.7 Å². The lowest BCUT2D eigenvalue weighted by Gasteiger charge is -2.06. The number of hydrogen-bond donors (Lipinski definition) is 2. The zero-order chi connectivity index (χ0) is 14.7. The highest BCUT2D eigenvalue weighted by molar-refractivity contribution is 7.18. The summed E-state index contributed by atoms with van der Waals surface area (Å²) in [6.45, 7) is 2.40. The van der Waals surface area contributed by atoms with Gasteiger partial charge in [-0.1, -0.05) is 11.3 Å². The fraction of sp³-hybridized carbons (Fsp3) is 0.308. The highest BCUT2D eigenvalue weighted by Crippen LogP contribution is 2.26. The van der Waals surface area contributed by atoms with E-state index in [1.165, 1.54) is 11.3 Å². The molecule has 106 valence electrons. The predicted molar refractivity (Wildman–Crippen MR) is 81.0 cm³/mol. The standard InChI is InChI=1S/C13H17N5OS/c1-8-4-5-15-6-9(8)7-16-12(19)10-11(14)17-13(20-10)18(2)3/h4-6H,7,14H2,1-3H3,(H,16,19). The fourth-order valence-electron chi connectivity index (χ4n) is 1.61. The summed E-state index contributed by atoms with van der Waals surface area (Å²) in [6, 6.07) is 1.91. The van der Waals surface area contributed by atoms with Gasteiger partial charge in [-0.25, -0.2) is 4.98 Å². The van der Waals surface area contributed by atoms with Crippen LogP contribution in [0.3, 0.4) is 0 Å². The molecule has 0 saturated heterocycles. The van der Waals surface area contributed by atoms with Gasteiger partial charge < -0.3 is 16.0 Å². The summed E-state index contributed by atoms with van der Waals surface area (Å²) in [7, 11) is 3.72. The van der Waals surface area contributed by atoms with Gasteiger partial charge in [-0.05, 0) is 24.1 Å². The summed E-state index contributed by atoms with van der Waals surface area (Å²) < 4.78 is 0. The number of nitrogens with two attached hydrogens (primary N) is 1. The largest absolute Gasteiger partial charge is 0.382 e. The van der Waals surface area contributed by atoms with Gasteiger partial charge in [0.15, 0.2) is 5.13 Å². The topological polar surface area (TPSA) is 84.1 Å². The van der Waals surface area contributed by atoms with E-state index in [1.807, 2.05) is 32.0 Å². The molecule has 0 aliphatic rings. The Balaban J connectivity index is 2.07. The number of hydrogen-bond acceptors (Lipinski definition) is 6. The van der Waals surface area contributed by atoms with Crippen molar-refractivity contribution < 1.29 is 4.79 Å². The number of thiazole rings is 1. The highest BCUT2D eigenvalue weighted by Gasteiger charge is 2.17. The average molecular weight is 291 g/mol. The summed E-state index contributed by atoms with van der Waals surface area (Å²) in [5.74, 6) is 0.0514. The Labute approximate surface area is 121 Å². The molecule has 7 heteroatoms. The Morgan fingerprint density at radius 1 is 1.50 bits per heavy atom. The van der Waals surface area contributed by atoms with Crippen molar-refractivity contribution in [2.45, 2.75) is 13.5 Å². The van der Waals surface area contributed by atoms with Crippen molar-refractivity contribution in [3.8, 4) is 0 Å². The van der Waals surface area contributed by atoms with Crippen LogP contribution in [0.4, 0.5) is 10.9 Å². The molecule has 3 N–H and O–H groups in total. The van der Waals surface area contributed by atoms with Crippen LogP contribution in [-0.2, 0) is 6.54 Å². The van der Waals surface area contributed by atoms with Crippen molar-refractivity contribution in [3.63, 3.8) is 0 Å². The third kappa shape index (κ3) is 3.05. The Morgan fingerprint density at radius 2 is 2.25 bits per heavy atom. The fourth-order valence-corrected chi connectivity index (χ4v) is 2.44.